The van der Waals surface area contributed by atoms with Crippen LogP contribution < -0.4 is 5.73 Å². The van der Waals surface area contributed by atoms with E-state index in [4.69, 9.17) is 10.7 Å². The minimum absolute atomic E-state index is 0.189. The smallest absolute Gasteiger partial charge is 0.0947 e. The van der Waals surface area contributed by atoms with Crippen molar-refractivity contribution in [3.05, 3.63) is 175 Å². The van der Waals surface area contributed by atoms with Crippen LogP contribution in [-0.4, -0.2) is 10.8 Å². The number of benzene rings is 6. The Morgan fingerprint density at radius 1 is 0.535 bits per heavy atom. The van der Waals surface area contributed by atoms with E-state index >= 15 is 0 Å². The molecule has 0 spiro atoms. The second-order valence-electron chi connectivity index (χ2n) is 10.6. The number of rotatable bonds is 7. The summed E-state index contributed by atoms with van der Waals surface area (Å²) in [6.07, 6.45) is 5.44. The van der Waals surface area contributed by atoms with E-state index in [1.807, 2.05) is 18.4 Å². The number of hydrogen-bond acceptors (Lipinski definition) is 2. The number of para-hydroxylation sites is 2. The van der Waals surface area contributed by atoms with Crippen molar-refractivity contribution >= 4 is 28.0 Å². The molecule has 3 heteroatoms. The van der Waals surface area contributed by atoms with E-state index in [2.05, 4.69) is 150 Å². The van der Waals surface area contributed by atoms with Crippen molar-refractivity contribution in [1.82, 2.24) is 4.57 Å². The molecule has 0 amide bonds. The van der Waals surface area contributed by atoms with Gasteiger partial charge in [0.05, 0.1) is 17.1 Å². The van der Waals surface area contributed by atoms with Gasteiger partial charge in [0.15, 0.2) is 0 Å². The van der Waals surface area contributed by atoms with Gasteiger partial charge in [-0.15, -0.1) is 0 Å². The van der Waals surface area contributed by atoms with Gasteiger partial charge in [-0.05, 0) is 76.0 Å². The van der Waals surface area contributed by atoms with Crippen LogP contribution in [0.3, 0.4) is 0 Å². The Balaban J connectivity index is 1.14. The molecule has 0 saturated heterocycles. The maximum absolute atomic E-state index is 5.86. The van der Waals surface area contributed by atoms with E-state index < -0.39 is 0 Å². The zero-order valence-corrected chi connectivity index (χ0v) is 23.7. The lowest BCUT2D eigenvalue weighted by Gasteiger charge is -2.11. The Morgan fingerprint density at radius 2 is 1.09 bits per heavy atom. The fourth-order valence-electron chi connectivity index (χ4n) is 5.82. The van der Waals surface area contributed by atoms with Gasteiger partial charge in [0.25, 0.3) is 0 Å². The Morgan fingerprint density at radius 3 is 1.74 bits per heavy atom. The Labute approximate surface area is 251 Å². The summed E-state index contributed by atoms with van der Waals surface area (Å²) in [4.78, 5) is 4.94. The molecule has 2 N–H and O–H groups in total. The van der Waals surface area contributed by atoms with Crippen LogP contribution in [-0.2, 0) is 0 Å². The summed E-state index contributed by atoms with van der Waals surface area (Å²) in [5.74, 6) is 0. The molecule has 7 aromatic rings. The molecule has 0 bridgehead atoms. The lowest BCUT2D eigenvalue weighted by atomic mass is 9.97. The van der Waals surface area contributed by atoms with E-state index in [1.54, 1.807) is 6.20 Å². The molecular weight excluding hydrogens is 522 g/mol. The predicted molar refractivity (Wildman–Crippen MR) is 182 cm³/mol. The van der Waals surface area contributed by atoms with Crippen molar-refractivity contribution in [1.29, 1.82) is 0 Å². The minimum atomic E-state index is -0.189. The summed E-state index contributed by atoms with van der Waals surface area (Å²) in [6.45, 7) is 0. The maximum atomic E-state index is 5.86. The number of nitrogens with zero attached hydrogens (tertiary/aromatic N) is 2. The minimum Gasteiger partial charge on any atom is -0.405 e. The molecule has 0 aliphatic rings. The normalized spacial score (nSPS) is 12.5. The molecule has 0 saturated carbocycles. The topological polar surface area (TPSA) is 43.3 Å². The summed E-state index contributed by atoms with van der Waals surface area (Å²) in [7, 11) is 0. The van der Waals surface area contributed by atoms with E-state index in [9.17, 15) is 0 Å². The number of hydrogen-bond donors (Lipinski definition) is 1. The molecule has 7 rings (SSSR count). The molecule has 206 valence electrons. The fraction of sp³-hybridized carbons (Fsp3) is 0.0250. The van der Waals surface area contributed by atoms with Crippen molar-refractivity contribution in [3.8, 4) is 27.9 Å². The Hall–Kier alpha value is -5.67. The average molecular weight is 554 g/mol. The number of fused-ring (bicyclic) bond motifs is 3. The van der Waals surface area contributed by atoms with Crippen LogP contribution in [0.25, 0.3) is 49.7 Å². The maximum Gasteiger partial charge on any atom is 0.0947 e. The average Bonchev–Trinajstić information content (AvgIpc) is 3.42. The second kappa shape index (κ2) is 11.7. The molecule has 6 aromatic carbocycles. The standard InChI is InChI=1S/C40H31N3/c41-26-25-38(34-12-8-11-33(27-34)32-21-19-31(20-22-32)30-9-2-1-3-10-30)42-28-29-17-23-35(24-18-29)43-39-15-6-4-13-36(39)37-14-5-7-16-40(37)43/h1-28,38H,41H2/b26-25-,42-28+. The van der Waals surface area contributed by atoms with Gasteiger partial charge in [-0.3, -0.25) is 4.99 Å². The van der Waals surface area contributed by atoms with Gasteiger partial charge < -0.3 is 10.3 Å². The number of aliphatic imine (C=N–C) groups is 1. The first-order valence-electron chi connectivity index (χ1n) is 14.5. The largest absolute Gasteiger partial charge is 0.405 e. The molecule has 0 aliphatic heterocycles. The van der Waals surface area contributed by atoms with Crippen molar-refractivity contribution in [2.75, 3.05) is 0 Å². The van der Waals surface area contributed by atoms with Crippen molar-refractivity contribution in [2.24, 2.45) is 10.7 Å². The third kappa shape index (κ3) is 5.25. The van der Waals surface area contributed by atoms with Gasteiger partial charge in [-0.1, -0.05) is 121 Å². The highest BCUT2D eigenvalue weighted by Crippen LogP contribution is 2.32. The highest BCUT2D eigenvalue weighted by Gasteiger charge is 2.12. The summed E-state index contributed by atoms with van der Waals surface area (Å²) >= 11 is 0. The Kier molecular flexibility index (Phi) is 7.12. The molecular formula is C40H31N3. The van der Waals surface area contributed by atoms with Gasteiger partial charge in [0.1, 0.15) is 0 Å². The van der Waals surface area contributed by atoms with Crippen molar-refractivity contribution < 1.29 is 0 Å². The number of aromatic nitrogens is 1. The van der Waals surface area contributed by atoms with Gasteiger partial charge >= 0.3 is 0 Å². The van der Waals surface area contributed by atoms with E-state index in [-0.39, 0.29) is 6.04 Å². The van der Waals surface area contributed by atoms with Gasteiger partial charge in [0.2, 0.25) is 0 Å². The van der Waals surface area contributed by atoms with Crippen LogP contribution in [0, 0.1) is 0 Å². The third-order valence-corrected chi connectivity index (χ3v) is 7.96. The predicted octanol–water partition coefficient (Wildman–Crippen LogP) is 9.75. The first-order chi connectivity index (χ1) is 21.3. The molecule has 3 nitrogen and oxygen atoms in total. The SMILES string of the molecule is N/C=C\C(/N=C/c1ccc(-n2c3ccccc3c3ccccc32)cc1)c1cccc(-c2ccc(-c3ccccc3)cc2)c1. The van der Waals surface area contributed by atoms with E-state index in [0.717, 1.165) is 22.4 Å². The van der Waals surface area contributed by atoms with Crippen molar-refractivity contribution in [2.45, 2.75) is 6.04 Å². The van der Waals surface area contributed by atoms with Crippen LogP contribution >= 0.6 is 0 Å². The summed E-state index contributed by atoms with van der Waals surface area (Å²) in [6, 6.07) is 53.2. The van der Waals surface area contributed by atoms with Gasteiger partial charge in [0, 0.05) is 22.7 Å². The Bertz CT molecular complexity index is 2010. The van der Waals surface area contributed by atoms with E-state index in [1.165, 1.54) is 38.5 Å². The first kappa shape index (κ1) is 26.2. The molecule has 0 radical (unpaired) electrons. The molecule has 1 heterocycles. The highest BCUT2D eigenvalue weighted by molar-refractivity contribution is 6.09. The van der Waals surface area contributed by atoms with Crippen LogP contribution in [0.4, 0.5) is 0 Å². The molecule has 1 atom stereocenters. The third-order valence-electron chi connectivity index (χ3n) is 7.96. The van der Waals surface area contributed by atoms with Gasteiger partial charge in [-0.25, -0.2) is 0 Å². The van der Waals surface area contributed by atoms with E-state index in [0.29, 0.717) is 0 Å². The highest BCUT2D eigenvalue weighted by atomic mass is 15.0. The van der Waals surface area contributed by atoms with Crippen LogP contribution in [0.5, 0.6) is 0 Å². The second-order valence-corrected chi connectivity index (χ2v) is 10.6. The summed E-state index contributed by atoms with van der Waals surface area (Å²) < 4.78 is 2.32. The molecule has 1 unspecified atom stereocenters. The van der Waals surface area contributed by atoms with Crippen molar-refractivity contribution in [3.63, 3.8) is 0 Å². The lowest BCUT2D eigenvalue weighted by molar-refractivity contribution is 0.915. The fourth-order valence-corrected chi connectivity index (χ4v) is 5.82. The lowest BCUT2D eigenvalue weighted by Crippen LogP contribution is -1.97. The van der Waals surface area contributed by atoms with Crippen LogP contribution in [0.15, 0.2) is 169 Å². The summed E-state index contributed by atoms with van der Waals surface area (Å²) in [5, 5.41) is 2.52. The zero-order chi connectivity index (χ0) is 29.0. The monoisotopic (exact) mass is 553 g/mol. The molecule has 1 aromatic heterocycles. The summed E-state index contributed by atoms with van der Waals surface area (Å²) in [5.41, 5.74) is 16.3. The first-order valence-corrected chi connectivity index (χ1v) is 14.5. The molecule has 0 fully saturated rings. The van der Waals surface area contributed by atoms with Gasteiger partial charge in [-0.2, -0.15) is 0 Å². The molecule has 43 heavy (non-hydrogen) atoms. The molecule has 0 aliphatic carbocycles. The van der Waals surface area contributed by atoms with Crippen LogP contribution in [0.2, 0.25) is 0 Å². The quantitative estimate of drug-likeness (QED) is 0.196. The van der Waals surface area contributed by atoms with Crippen LogP contribution in [0.1, 0.15) is 17.2 Å². The number of nitrogens with two attached hydrogens (primary N) is 1. The zero-order valence-electron chi connectivity index (χ0n) is 23.7.